The number of hydrogen-bond donors (Lipinski definition) is 0. The zero-order valence-electron chi connectivity index (χ0n) is 15.7. The number of aliphatic imine (C=N–C) groups is 2. The number of benzene rings is 2. The summed E-state index contributed by atoms with van der Waals surface area (Å²) in [5.41, 5.74) is -0.750. The van der Waals surface area contributed by atoms with Gasteiger partial charge in [-0.2, -0.15) is 0 Å². The number of carbonyl (C=O) groups is 1. The van der Waals surface area contributed by atoms with E-state index in [9.17, 15) is 13.6 Å². The molecule has 0 N–H and O–H groups in total. The number of ether oxygens (including phenoxy) is 1. The molecule has 0 bridgehead atoms. The van der Waals surface area contributed by atoms with Crippen LogP contribution < -0.4 is 0 Å². The predicted octanol–water partition coefficient (Wildman–Crippen LogP) is 5.71. The molecule has 0 fully saturated rings. The van der Waals surface area contributed by atoms with Crippen LogP contribution in [0.1, 0.15) is 24.0 Å². The van der Waals surface area contributed by atoms with Gasteiger partial charge >= 0.3 is 5.97 Å². The van der Waals surface area contributed by atoms with Gasteiger partial charge in [0.2, 0.25) is 5.54 Å². The molecular weight excluding hydrogens is 510 g/mol. The monoisotopic (exact) mass is 528 g/mol. The molecule has 2 aromatic rings. The van der Waals surface area contributed by atoms with Crippen molar-refractivity contribution >= 4 is 50.3 Å². The summed E-state index contributed by atoms with van der Waals surface area (Å²) < 4.78 is 34.3. The normalized spacial score (nSPS) is 13.9. The fraction of sp³-hybridized carbons (Fsp3) is 0.286. The molecule has 0 aliphatic heterocycles. The van der Waals surface area contributed by atoms with Gasteiger partial charge in [0.1, 0.15) is 0 Å². The average molecular weight is 530 g/mol. The van der Waals surface area contributed by atoms with Crippen LogP contribution >= 0.6 is 31.9 Å². The minimum atomic E-state index is -3.00. The molecule has 0 aliphatic rings. The van der Waals surface area contributed by atoms with E-state index in [2.05, 4.69) is 46.6 Å². The molecule has 0 aromatic heterocycles. The van der Waals surface area contributed by atoms with Gasteiger partial charge in [0.15, 0.2) is 0 Å². The molecule has 29 heavy (non-hydrogen) atoms. The van der Waals surface area contributed by atoms with Crippen LogP contribution in [-0.4, -0.2) is 44.0 Å². The van der Waals surface area contributed by atoms with Crippen molar-refractivity contribution in [1.82, 2.24) is 0 Å². The lowest BCUT2D eigenvalue weighted by Gasteiger charge is -2.25. The summed E-state index contributed by atoms with van der Waals surface area (Å²) in [6.45, 7) is 0.287. The molecule has 0 aliphatic carbocycles. The highest BCUT2D eigenvalue weighted by Gasteiger charge is 2.47. The van der Waals surface area contributed by atoms with Crippen LogP contribution in [0.25, 0.3) is 0 Å². The highest BCUT2D eigenvalue weighted by molar-refractivity contribution is 9.10. The maximum atomic E-state index is 13.9. The number of carbonyl (C=O) groups excluding carboxylic acids is 1. The molecular formula is C21H20Br2F2N2O2. The molecule has 154 valence electrons. The molecule has 0 amide bonds. The Balaban J connectivity index is 2.09. The number of esters is 1. The lowest BCUT2D eigenvalue weighted by atomic mass is 9.94. The number of halogens is 4. The van der Waals surface area contributed by atoms with Crippen molar-refractivity contribution in [3.05, 3.63) is 68.6 Å². The van der Waals surface area contributed by atoms with Crippen molar-refractivity contribution in [2.45, 2.75) is 24.8 Å². The number of hydrogen-bond acceptors (Lipinski definition) is 4. The molecule has 2 aromatic carbocycles. The summed E-state index contributed by atoms with van der Waals surface area (Å²) in [5, 5.41) is 0. The summed E-state index contributed by atoms with van der Waals surface area (Å²) in [4.78, 5) is 20.4. The standard InChI is InChI=1S/C21H20Br2F2N2O2/c1-29-20(28)21(19(24)25,27-14-16-5-9-18(23)10-6-16)11-2-12-26-13-15-3-7-17(22)8-4-15/h3-10,13-14,19H,2,11-12H2,1H3/b26-13+,27-14+. The van der Waals surface area contributed by atoms with E-state index in [1.807, 2.05) is 24.3 Å². The SMILES string of the molecule is COC(=O)C(CCC/N=C/c1ccc(Br)cc1)(/N=C/c1ccc(Br)cc1)C(F)F. The lowest BCUT2D eigenvalue weighted by molar-refractivity contribution is -0.153. The van der Waals surface area contributed by atoms with E-state index in [0.29, 0.717) is 5.56 Å². The maximum Gasteiger partial charge on any atom is 0.339 e. The van der Waals surface area contributed by atoms with E-state index in [0.717, 1.165) is 21.6 Å². The van der Waals surface area contributed by atoms with Crippen LogP contribution in [0.4, 0.5) is 8.78 Å². The first-order chi connectivity index (χ1) is 13.9. The second-order valence-corrected chi connectivity index (χ2v) is 8.05. The third-order valence-electron chi connectivity index (χ3n) is 4.17. The van der Waals surface area contributed by atoms with Crippen molar-refractivity contribution in [3.63, 3.8) is 0 Å². The zero-order valence-corrected chi connectivity index (χ0v) is 18.9. The van der Waals surface area contributed by atoms with E-state index in [1.165, 1.54) is 6.21 Å². The van der Waals surface area contributed by atoms with Gasteiger partial charge in [0.25, 0.3) is 6.43 Å². The van der Waals surface area contributed by atoms with Crippen LogP contribution in [0.15, 0.2) is 67.5 Å². The molecule has 2 rings (SSSR count). The van der Waals surface area contributed by atoms with Crippen molar-refractivity contribution in [2.24, 2.45) is 9.98 Å². The van der Waals surface area contributed by atoms with Crippen LogP contribution in [0, 0.1) is 0 Å². The van der Waals surface area contributed by atoms with Crippen LogP contribution in [0.5, 0.6) is 0 Å². The van der Waals surface area contributed by atoms with Crippen molar-refractivity contribution < 1.29 is 18.3 Å². The van der Waals surface area contributed by atoms with Crippen molar-refractivity contribution in [3.8, 4) is 0 Å². The Labute approximate surface area is 185 Å². The minimum absolute atomic E-state index is 0.179. The van der Waals surface area contributed by atoms with Crippen molar-refractivity contribution in [1.29, 1.82) is 0 Å². The largest absolute Gasteiger partial charge is 0.467 e. The van der Waals surface area contributed by atoms with Gasteiger partial charge in [-0.1, -0.05) is 56.1 Å². The number of methoxy groups -OCH3 is 1. The minimum Gasteiger partial charge on any atom is -0.467 e. The highest BCUT2D eigenvalue weighted by atomic mass is 79.9. The molecule has 0 spiro atoms. The van der Waals surface area contributed by atoms with Gasteiger partial charge in [0, 0.05) is 27.9 Å². The molecule has 4 nitrogen and oxygen atoms in total. The fourth-order valence-corrected chi connectivity index (χ4v) is 3.08. The van der Waals surface area contributed by atoms with Gasteiger partial charge in [-0.25, -0.2) is 13.6 Å². The zero-order chi connectivity index (χ0) is 21.3. The van der Waals surface area contributed by atoms with E-state index in [4.69, 9.17) is 0 Å². The van der Waals surface area contributed by atoms with Crippen LogP contribution in [0.2, 0.25) is 0 Å². The van der Waals surface area contributed by atoms with E-state index < -0.39 is 17.9 Å². The lowest BCUT2D eigenvalue weighted by Crippen LogP contribution is -2.45. The Morgan fingerprint density at radius 3 is 2.03 bits per heavy atom. The first kappa shape index (κ1) is 23.3. The number of alkyl halides is 2. The molecule has 1 atom stereocenters. The Kier molecular flexibility index (Phi) is 9.10. The molecule has 0 heterocycles. The molecule has 0 radical (unpaired) electrons. The number of nitrogens with zero attached hydrogens (tertiary/aromatic N) is 2. The molecule has 1 unspecified atom stereocenters. The van der Waals surface area contributed by atoms with Gasteiger partial charge in [-0.15, -0.1) is 0 Å². The van der Waals surface area contributed by atoms with Gasteiger partial charge in [-0.3, -0.25) is 9.98 Å². The highest BCUT2D eigenvalue weighted by Crippen LogP contribution is 2.28. The van der Waals surface area contributed by atoms with Gasteiger partial charge < -0.3 is 4.74 Å². The second kappa shape index (κ2) is 11.3. The van der Waals surface area contributed by atoms with Crippen LogP contribution in [0.3, 0.4) is 0 Å². The Morgan fingerprint density at radius 1 is 1.03 bits per heavy atom. The fourth-order valence-electron chi connectivity index (χ4n) is 2.55. The third-order valence-corrected chi connectivity index (χ3v) is 5.23. The Bertz CT molecular complexity index is 856. The summed E-state index contributed by atoms with van der Waals surface area (Å²) in [5.74, 6) is -1.06. The maximum absolute atomic E-state index is 13.9. The van der Waals surface area contributed by atoms with E-state index in [1.54, 1.807) is 30.5 Å². The quantitative estimate of drug-likeness (QED) is 0.237. The molecule has 0 saturated heterocycles. The van der Waals surface area contributed by atoms with Crippen LogP contribution in [-0.2, 0) is 9.53 Å². The summed E-state index contributed by atoms with van der Waals surface area (Å²) >= 11 is 6.66. The summed E-state index contributed by atoms with van der Waals surface area (Å²) in [6, 6.07) is 14.5. The predicted molar refractivity (Wildman–Crippen MR) is 118 cm³/mol. The first-order valence-corrected chi connectivity index (χ1v) is 10.4. The summed E-state index contributed by atoms with van der Waals surface area (Å²) in [7, 11) is 1.08. The van der Waals surface area contributed by atoms with Gasteiger partial charge in [-0.05, 0) is 48.2 Å². The third kappa shape index (κ3) is 6.82. The Morgan fingerprint density at radius 2 is 1.55 bits per heavy atom. The topological polar surface area (TPSA) is 51.0 Å². The van der Waals surface area contributed by atoms with E-state index >= 15 is 0 Å². The van der Waals surface area contributed by atoms with Crippen molar-refractivity contribution in [2.75, 3.05) is 13.7 Å². The Hall–Kier alpha value is -1.93. The first-order valence-electron chi connectivity index (χ1n) is 8.80. The average Bonchev–Trinajstić information content (AvgIpc) is 2.72. The molecule has 8 heteroatoms. The smallest absolute Gasteiger partial charge is 0.339 e. The summed E-state index contributed by atoms with van der Waals surface area (Å²) in [6.07, 6.45) is 0.0177. The second-order valence-electron chi connectivity index (χ2n) is 6.22. The van der Waals surface area contributed by atoms with Gasteiger partial charge in [0.05, 0.1) is 7.11 Å². The number of rotatable bonds is 9. The molecule has 0 saturated carbocycles. The van der Waals surface area contributed by atoms with E-state index in [-0.39, 0.29) is 19.4 Å².